The average Bonchev–Trinajstić information content (AvgIpc) is 2.88. The highest BCUT2D eigenvalue weighted by Gasteiger charge is 2.27. The Morgan fingerprint density at radius 3 is 2.83 bits per heavy atom. The van der Waals surface area contributed by atoms with E-state index in [1.807, 2.05) is 13.1 Å². The van der Waals surface area contributed by atoms with Gasteiger partial charge in [0, 0.05) is 32.0 Å². The Balaban J connectivity index is 1.83. The average molecular weight is 330 g/mol. The number of aromatic nitrogens is 2. The van der Waals surface area contributed by atoms with Crippen LogP contribution in [-0.2, 0) is 18.3 Å². The number of amides is 3. The number of fused-ring (bicyclic) bond motifs is 1. The summed E-state index contributed by atoms with van der Waals surface area (Å²) < 4.78 is 1.77. The van der Waals surface area contributed by atoms with Gasteiger partial charge in [-0.1, -0.05) is 12.5 Å². The third-order valence-electron chi connectivity index (χ3n) is 4.33. The van der Waals surface area contributed by atoms with Crippen molar-refractivity contribution in [3.05, 3.63) is 23.8 Å². The van der Waals surface area contributed by atoms with Gasteiger partial charge in [-0.2, -0.15) is 5.10 Å². The zero-order chi connectivity index (χ0) is 17.1. The van der Waals surface area contributed by atoms with Gasteiger partial charge in [0.25, 0.3) is 0 Å². The van der Waals surface area contributed by atoms with Crippen LogP contribution in [0.5, 0.6) is 0 Å². The zero-order valence-corrected chi connectivity index (χ0v) is 13.8. The summed E-state index contributed by atoms with van der Waals surface area (Å²) in [6.45, 7) is 0.588. The molecule has 1 aromatic heterocycles. The molecular weight excluding hydrogens is 308 g/mol. The highest BCUT2D eigenvalue weighted by Crippen LogP contribution is 2.28. The molecule has 3 rings (SSSR count). The number of hydrogen-bond donors (Lipinski definition) is 2. The number of anilines is 1. The van der Waals surface area contributed by atoms with Crippen LogP contribution in [0.1, 0.15) is 31.2 Å². The standard InChI is InChI=1S/C17H22N4O3/c1-20-14-11-12(5-3-2-4-10-22)6-7-13(14)16(19-20)21-9-8-15(23)18-17(21)24/h6-7,11,22H,2-5,8-10H2,1H3,(H,18,23,24). The Labute approximate surface area is 140 Å². The predicted octanol–water partition coefficient (Wildman–Crippen LogP) is 1.72. The van der Waals surface area contributed by atoms with Gasteiger partial charge < -0.3 is 5.11 Å². The van der Waals surface area contributed by atoms with E-state index in [2.05, 4.69) is 22.5 Å². The molecule has 7 nitrogen and oxygen atoms in total. The topological polar surface area (TPSA) is 87.5 Å². The van der Waals surface area contributed by atoms with Gasteiger partial charge >= 0.3 is 6.03 Å². The molecule has 1 aliphatic rings. The van der Waals surface area contributed by atoms with Gasteiger partial charge in [-0.15, -0.1) is 0 Å². The second-order valence-electron chi connectivity index (χ2n) is 6.09. The molecule has 0 atom stereocenters. The minimum atomic E-state index is -0.417. The minimum Gasteiger partial charge on any atom is -0.396 e. The number of carbonyl (C=O) groups excluding carboxylic acids is 2. The Morgan fingerprint density at radius 2 is 2.08 bits per heavy atom. The van der Waals surface area contributed by atoms with Gasteiger partial charge in [0.05, 0.1) is 5.52 Å². The highest BCUT2D eigenvalue weighted by atomic mass is 16.3. The summed E-state index contributed by atoms with van der Waals surface area (Å²) in [5.74, 6) is 0.339. The molecule has 1 fully saturated rings. The number of unbranched alkanes of at least 4 members (excludes halogenated alkanes) is 2. The van der Waals surface area contributed by atoms with Crippen LogP contribution < -0.4 is 10.2 Å². The normalized spacial score (nSPS) is 15.2. The maximum Gasteiger partial charge on any atom is 0.329 e. The fraction of sp³-hybridized carbons (Fsp3) is 0.471. The summed E-state index contributed by atoms with van der Waals surface area (Å²) in [7, 11) is 1.86. The third kappa shape index (κ3) is 3.26. The number of nitrogens with one attached hydrogen (secondary N) is 1. The molecule has 0 saturated carbocycles. The second kappa shape index (κ2) is 7.00. The lowest BCUT2D eigenvalue weighted by atomic mass is 10.1. The fourth-order valence-electron chi connectivity index (χ4n) is 3.02. The van der Waals surface area contributed by atoms with E-state index in [9.17, 15) is 9.59 Å². The van der Waals surface area contributed by atoms with Crippen molar-refractivity contribution in [2.24, 2.45) is 7.05 Å². The number of carbonyl (C=O) groups is 2. The Kier molecular flexibility index (Phi) is 4.80. The van der Waals surface area contributed by atoms with Gasteiger partial charge in [0.2, 0.25) is 5.91 Å². The molecule has 0 spiro atoms. The van der Waals surface area contributed by atoms with E-state index < -0.39 is 6.03 Å². The van der Waals surface area contributed by atoms with Crippen LogP contribution in [0.3, 0.4) is 0 Å². The van der Waals surface area contributed by atoms with Crippen LogP contribution in [0.4, 0.5) is 10.6 Å². The number of aliphatic hydroxyl groups is 1. The lowest BCUT2D eigenvalue weighted by Crippen LogP contribution is -2.49. The first-order valence-electron chi connectivity index (χ1n) is 8.28. The van der Waals surface area contributed by atoms with Crippen molar-refractivity contribution >= 4 is 28.7 Å². The van der Waals surface area contributed by atoms with Crippen LogP contribution in [0, 0.1) is 0 Å². The molecule has 2 heterocycles. The van der Waals surface area contributed by atoms with Crippen molar-refractivity contribution < 1.29 is 14.7 Å². The van der Waals surface area contributed by atoms with Gasteiger partial charge in [-0.25, -0.2) is 4.79 Å². The number of urea groups is 1. The van der Waals surface area contributed by atoms with Gasteiger partial charge in [-0.3, -0.25) is 19.7 Å². The van der Waals surface area contributed by atoms with Crippen LogP contribution >= 0.6 is 0 Å². The molecule has 2 aromatic rings. The van der Waals surface area contributed by atoms with E-state index in [0.29, 0.717) is 12.4 Å². The number of hydrogen-bond acceptors (Lipinski definition) is 4. The molecule has 0 aliphatic carbocycles. The lowest BCUT2D eigenvalue weighted by Gasteiger charge is -2.24. The van der Waals surface area contributed by atoms with E-state index in [1.54, 1.807) is 4.68 Å². The van der Waals surface area contributed by atoms with Crippen LogP contribution in [-0.4, -0.2) is 40.0 Å². The summed E-state index contributed by atoms with van der Waals surface area (Å²) in [5.41, 5.74) is 2.18. The first kappa shape index (κ1) is 16.4. The number of nitrogens with zero attached hydrogens (tertiary/aromatic N) is 3. The van der Waals surface area contributed by atoms with Crippen LogP contribution in [0.15, 0.2) is 18.2 Å². The number of aryl methyl sites for hydroxylation is 2. The van der Waals surface area contributed by atoms with E-state index >= 15 is 0 Å². The first-order valence-corrected chi connectivity index (χ1v) is 8.28. The van der Waals surface area contributed by atoms with Gasteiger partial charge in [0.1, 0.15) is 0 Å². The summed E-state index contributed by atoms with van der Waals surface area (Å²) in [6, 6.07) is 5.72. The number of imide groups is 1. The molecule has 0 radical (unpaired) electrons. The minimum absolute atomic E-state index is 0.241. The third-order valence-corrected chi connectivity index (χ3v) is 4.33. The van der Waals surface area contributed by atoms with Crippen LogP contribution in [0.2, 0.25) is 0 Å². The summed E-state index contributed by atoms with van der Waals surface area (Å²) >= 11 is 0. The SMILES string of the molecule is Cn1nc(N2CCC(=O)NC2=O)c2ccc(CCCCCO)cc21. The monoisotopic (exact) mass is 330 g/mol. The van der Waals surface area contributed by atoms with Crippen LogP contribution in [0.25, 0.3) is 10.9 Å². The zero-order valence-electron chi connectivity index (χ0n) is 13.8. The smallest absolute Gasteiger partial charge is 0.329 e. The van der Waals surface area contributed by atoms with Gasteiger partial charge in [0.15, 0.2) is 5.82 Å². The predicted molar refractivity (Wildman–Crippen MR) is 90.9 cm³/mol. The van der Waals surface area contributed by atoms with Crippen molar-refractivity contribution in [2.45, 2.75) is 32.1 Å². The Bertz CT molecular complexity index is 769. The fourth-order valence-corrected chi connectivity index (χ4v) is 3.02. The van der Waals surface area contributed by atoms with Crippen molar-refractivity contribution in [3.8, 4) is 0 Å². The molecule has 0 bridgehead atoms. The number of benzene rings is 1. The van der Waals surface area contributed by atoms with Crippen molar-refractivity contribution in [3.63, 3.8) is 0 Å². The highest BCUT2D eigenvalue weighted by molar-refractivity contribution is 6.08. The number of rotatable bonds is 6. The molecule has 1 aliphatic heterocycles. The maximum atomic E-state index is 12.1. The molecule has 0 unspecified atom stereocenters. The van der Waals surface area contributed by atoms with Crippen molar-refractivity contribution in [2.75, 3.05) is 18.1 Å². The van der Waals surface area contributed by atoms with E-state index in [4.69, 9.17) is 5.11 Å². The molecular formula is C17H22N4O3. The molecule has 1 aromatic carbocycles. The quantitative estimate of drug-likeness (QED) is 0.790. The molecule has 24 heavy (non-hydrogen) atoms. The van der Waals surface area contributed by atoms with E-state index in [1.165, 1.54) is 10.5 Å². The molecule has 128 valence electrons. The van der Waals surface area contributed by atoms with E-state index in [0.717, 1.165) is 36.6 Å². The Hall–Kier alpha value is -2.41. The lowest BCUT2D eigenvalue weighted by molar-refractivity contribution is -0.120. The first-order chi connectivity index (χ1) is 11.6. The summed E-state index contributed by atoms with van der Waals surface area (Å²) in [4.78, 5) is 24.9. The number of aliphatic hydroxyl groups excluding tert-OH is 1. The largest absolute Gasteiger partial charge is 0.396 e. The molecule has 7 heteroatoms. The summed E-state index contributed by atoms with van der Waals surface area (Å²) in [5, 5.41) is 16.5. The molecule has 1 saturated heterocycles. The van der Waals surface area contributed by atoms with E-state index in [-0.39, 0.29) is 18.9 Å². The molecule has 2 N–H and O–H groups in total. The maximum absolute atomic E-state index is 12.1. The van der Waals surface area contributed by atoms with Crippen molar-refractivity contribution in [1.29, 1.82) is 0 Å². The molecule has 3 amide bonds. The van der Waals surface area contributed by atoms with Crippen molar-refractivity contribution in [1.82, 2.24) is 15.1 Å². The summed E-state index contributed by atoms with van der Waals surface area (Å²) in [6.07, 6.45) is 4.11. The van der Waals surface area contributed by atoms with Gasteiger partial charge in [-0.05, 0) is 37.0 Å². The second-order valence-corrected chi connectivity index (χ2v) is 6.09. The Morgan fingerprint density at radius 1 is 1.25 bits per heavy atom.